The molecular formula is C15H18N2O2S. The molecule has 0 saturated carbocycles. The van der Waals surface area contributed by atoms with Gasteiger partial charge in [-0.15, -0.1) is 0 Å². The topological polar surface area (TPSA) is 55.1 Å². The van der Waals surface area contributed by atoms with Crippen molar-refractivity contribution in [1.82, 2.24) is 9.55 Å². The van der Waals surface area contributed by atoms with E-state index in [0.717, 1.165) is 21.8 Å². The Kier molecular flexibility index (Phi) is 4.49. The zero-order valence-corrected chi connectivity index (χ0v) is 12.7. The highest BCUT2D eigenvalue weighted by Crippen LogP contribution is 2.25. The molecule has 5 heteroatoms. The van der Waals surface area contributed by atoms with Gasteiger partial charge in [0, 0.05) is 6.54 Å². The molecule has 0 saturated heterocycles. The van der Waals surface area contributed by atoms with Gasteiger partial charge in [-0.1, -0.05) is 29.5 Å². The van der Waals surface area contributed by atoms with E-state index >= 15 is 0 Å². The lowest BCUT2D eigenvalue weighted by Gasteiger charge is -2.05. The summed E-state index contributed by atoms with van der Waals surface area (Å²) in [7, 11) is 0. The Balaban J connectivity index is 2.44. The van der Waals surface area contributed by atoms with Crippen LogP contribution in [0.5, 0.6) is 0 Å². The average molecular weight is 290 g/mol. The number of allylic oxidation sites excluding steroid dienone is 2. The van der Waals surface area contributed by atoms with E-state index in [-0.39, 0.29) is 5.75 Å². The number of carboxylic acid groups (broad SMARTS) is 1. The summed E-state index contributed by atoms with van der Waals surface area (Å²) in [5.41, 5.74) is 4.34. The van der Waals surface area contributed by atoms with Crippen LogP contribution in [-0.2, 0) is 11.3 Å². The van der Waals surface area contributed by atoms with Crippen LogP contribution in [0.2, 0.25) is 0 Å². The minimum atomic E-state index is -0.827. The Hall–Kier alpha value is -1.75. The van der Waals surface area contributed by atoms with E-state index in [1.165, 1.54) is 17.3 Å². The largest absolute Gasteiger partial charge is 0.481 e. The number of nitrogens with zero attached hydrogens (tertiary/aromatic N) is 2. The Morgan fingerprint density at radius 3 is 2.85 bits per heavy atom. The molecule has 106 valence electrons. The van der Waals surface area contributed by atoms with Crippen molar-refractivity contribution in [2.24, 2.45) is 0 Å². The smallest absolute Gasteiger partial charge is 0.313 e. The molecule has 0 radical (unpaired) electrons. The quantitative estimate of drug-likeness (QED) is 0.676. The van der Waals surface area contributed by atoms with Gasteiger partial charge < -0.3 is 9.67 Å². The second kappa shape index (κ2) is 6.13. The second-order valence-electron chi connectivity index (χ2n) is 4.96. The summed E-state index contributed by atoms with van der Waals surface area (Å²) in [6, 6.07) is 6.12. The first-order valence-electron chi connectivity index (χ1n) is 6.42. The number of imidazole rings is 1. The summed E-state index contributed by atoms with van der Waals surface area (Å²) in [6.07, 6.45) is 2.12. The number of aliphatic carboxylic acids is 1. The molecule has 0 spiro atoms. The number of thioether (sulfide) groups is 1. The third kappa shape index (κ3) is 3.42. The minimum absolute atomic E-state index is 0.0249. The minimum Gasteiger partial charge on any atom is -0.481 e. The first kappa shape index (κ1) is 14.7. The predicted molar refractivity (Wildman–Crippen MR) is 82.3 cm³/mol. The molecule has 0 aliphatic heterocycles. The summed E-state index contributed by atoms with van der Waals surface area (Å²) in [5.74, 6) is -0.802. The van der Waals surface area contributed by atoms with Gasteiger partial charge in [0.2, 0.25) is 0 Å². The van der Waals surface area contributed by atoms with Crippen molar-refractivity contribution in [1.29, 1.82) is 0 Å². The van der Waals surface area contributed by atoms with Crippen LogP contribution in [0.4, 0.5) is 0 Å². The number of carbonyl (C=O) groups is 1. The van der Waals surface area contributed by atoms with Gasteiger partial charge in [-0.2, -0.15) is 0 Å². The lowest BCUT2D eigenvalue weighted by molar-refractivity contribution is -0.133. The van der Waals surface area contributed by atoms with Gasteiger partial charge in [-0.05, 0) is 38.5 Å². The maximum Gasteiger partial charge on any atom is 0.313 e. The van der Waals surface area contributed by atoms with Gasteiger partial charge in [0.15, 0.2) is 5.16 Å². The highest BCUT2D eigenvalue weighted by Gasteiger charge is 2.12. The molecular weight excluding hydrogens is 272 g/mol. The lowest BCUT2D eigenvalue weighted by Crippen LogP contribution is -2.02. The van der Waals surface area contributed by atoms with Crippen molar-refractivity contribution < 1.29 is 9.90 Å². The predicted octanol–water partition coefficient (Wildman–Crippen LogP) is 3.49. The summed E-state index contributed by atoms with van der Waals surface area (Å²) in [4.78, 5) is 15.3. The van der Waals surface area contributed by atoms with Crippen LogP contribution >= 0.6 is 11.8 Å². The number of carboxylic acids is 1. The zero-order chi connectivity index (χ0) is 14.7. The molecule has 0 atom stereocenters. The van der Waals surface area contributed by atoms with Crippen molar-refractivity contribution >= 4 is 28.8 Å². The lowest BCUT2D eigenvalue weighted by atomic mass is 10.2. The summed E-state index contributed by atoms with van der Waals surface area (Å²) in [5, 5.41) is 9.59. The maximum atomic E-state index is 10.7. The molecule has 0 fully saturated rings. The van der Waals surface area contributed by atoms with E-state index < -0.39 is 5.97 Å². The van der Waals surface area contributed by atoms with Gasteiger partial charge in [-0.3, -0.25) is 4.79 Å². The molecule has 2 rings (SSSR count). The SMILES string of the molecule is CC(C)=CCn1c(SCC(=O)O)nc2cc(C)ccc21. The number of fused-ring (bicyclic) bond motifs is 1. The molecule has 20 heavy (non-hydrogen) atoms. The summed E-state index contributed by atoms with van der Waals surface area (Å²) < 4.78 is 2.06. The van der Waals surface area contributed by atoms with Crippen LogP contribution in [-0.4, -0.2) is 26.4 Å². The summed E-state index contributed by atoms with van der Waals surface area (Å²) >= 11 is 1.26. The molecule has 1 aromatic heterocycles. The fourth-order valence-corrected chi connectivity index (χ4v) is 2.65. The monoisotopic (exact) mass is 290 g/mol. The van der Waals surface area contributed by atoms with Crippen molar-refractivity contribution in [3.63, 3.8) is 0 Å². The number of benzene rings is 1. The van der Waals surface area contributed by atoms with Gasteiger partial charge in [0.05, 0.1) is 16.8 Å². The molecule has 1 aromatic carbocycles. The fourth-order valence-electron chi connectivity index (χ4n) is 1.90. The van der Waals surface area contributed by atoms with E-state index in [9.17, 15) is 4.79 Å². The Morgan fingerprint density at radius 1 is 1.45 bits per heavy atom. The second-order valence-corrected chi connectivity index (χ2v) is 5.90. The van der Waals surface area contributed by atoms with E-state index in [1.54, 1.807) is 0 Å². The highest BCUT2D eigenvalue weighted by molar-refractivity contribution is 7.99. The molecule has 4 nitrogen and oxygen atoms in total. The van der Waals surface area contributed by atoms with Crippen molar-refractivity contribution in [2.45, 2.75) is 32.5 Å². The van der Waals surface area contributed by atoms with Crippen molar-refractivity contribution in [3.05, 3.63) is 35.4 Å². The van der Waals surface area contributed by atoms with E-state index in [0.29, 0.717) is 6.54 Å². The van der Waals surface area contributed by atoms with Crippen LogP contribution in [0, 0.1) is 6.92 Å². The number of aryl methyl sites for hydroxylation is 1. The Morgan fingerprint density at radius 2 is 2.20 bits per heavy atom. The first-order chi connectivity index (χ1) is 9.47. The van der Waals surface area contributed by atoms with E-state index in [1.807, 2.05) is 32.9 Å². The van der Waals surface area contributed by atoms with Gasteiger partial charge >= 0.3 is 5.97 Å². The summed E-state index contributed by atoms with van der Waals surface area (Å²) in [6.45, 7) is 6.84. The highest BCUT2D eigenvalue weighted by atomic mass is 32.2. The van der Waals surface area contributed by atoms with Crippen LogP contribution in [0.15, 0.2) is 35.0 Å². The maximum absolute atomic E-state index is 10.7. The molecule has 0 unspecified atom stereocenters. The average Bonchev–Trinajstić information content (AvgIpc) is 2.70. The van der Waals surface area contributed by atoms with E-state index in [4.69, 9.17) is 5.11 Å². The van der Waals surface area contributed by atoms with E-state index in [2.05, 4.69) is 21.7 Å². The Labute approximate surface area is 122 Å². The van der Waals surface area contributed by atoms with Crippen LogP contribution in [0.3, 0.4) is 0 Å². The number of aromatic nitrogens is 2. The number of rotatable bonds is 5. The Bertz CT molecular complexity index is 670. The zero-order valence-electron chi connectivity index (χ0n) is 11.9. The molecule has 0 amide bonds. The van der Waals surface area contributed by atoms with Gasteiger partial charge in [0.25, 0.3) is 0 Å². The molecule has 2 aromatic rings. The number of hydrogen-bond acceptors (Lipinski definition) is 3. The third-order valence-electron chi connectivity index (χ3n) is 2.88. The third-order valence-corrected chi connectivity index (χ3v) is 3.84. The molecule has 0 aliphatic carbocycles. The van der Waals surface area contributed by atoms with Gasteiger partial charge in [-0.25, -0.2) is 4.98 Å². The van der Waals surface area contributed by atoms with Crippen LogP contribution < -0.4 is 0 Å². The molecule has 1 N–H and O–H groups in total. The van der Waals surface area contributed by atoms with Crippen molar-refractivity contribution in [3.8, 4) is 0 Å². The molecule has 0 aliphatic rings. The first-order valence-corrected chi connectivity index (χ1v) is 7.41. The normalized spacial score (nSPS) is 10.8. The molecule has 0 bridgehead atoms. The van der Waals surface area contributed by atoms with Crippen LogP contribution in [0.25, 0.3) is 11.0 Å². The number of hydrogen-bond donors (Lipinski definition) is 1. The standard InChI is InChI=1S/C15H18N2O2S/c1-10(2)6-7-17-13-5-4-11(3)8-12(13)16-15(17)20-9-14(18)19/h4-6,8H,7,9H2,1-3H3,(H,18,19). The van der Waals surface area contributed by atoms with Crippen LogP contribution in [0.1, 0.15) is 19.4 Å². The molecule has 1 heterocycles. The van der Waals surface area contributed by atoms with Gasteiger partial charge in [0.1, 0.15) is 0 Å². The van der Waals surface area contributed by atoms with Crippen molar-refractivity contribution in [2.75, 3.05) is 5.75 Å². The fraction of sp³-hybridized carbons (Fsp3) is 0.333.